The topological polar surface area (TPSA) is 41.6 Å². The molecule has 132 valence electrons. The van der Waals surface area contributed by atoms with Gasteiger partial charge in [-0.1, -0.05) is 12.1 Å². The molecule has 0 saturated carbocycles. The first-order chi connectivity index (χ1) is 12.0. The maximum absolute atomic E-state index is 13.7. The molecule has 0 aromatic heterocycles. The lowest BCUT2D eigenvalue weighted by molar-refractivity contribution is 0.0938. The van der Waals surface area contributed by atoms with E-state index in [-0.39, 0.29) is 11.6 Å². The second-order valence-electron chi connectivity index (χ2n) is 6.28. The van der Waals surface area contributed by atoms with Gasteiger partial charge in [0, 0.05) is 19.0 Å². The lowest BCUT2D eigenvalue weighted by Crippen LogP contribution is -2.35. The number of carbonyl (C=O) groups excluding carboxylic acids is 1. The van der Waals surface area contributed by atoms with Crippen LogP contribution in [0, 0.1) is 11.6 Å². The molecule has 1 aliphatic heterocycles. The van der Waals surface area contributed by atoms with E-state index in [0.29, 0.717) is 19.2 Å². The van der Waals surface area contributed by atoms with Crippen LogP contribution >= 0.6 is 0 Å². The molecule has 1 atom stereocenters. The number of nitrogens with one attached hydrogen (secondary N) is 1. The number of ether oxygens (including phenoxy) is 1. The Balaban J connectivity index is 1.73. The third-order valence-corrected chi connectivity index (χ3v) is 4.35. The zero-order valence-corrected chi connectivity index (χ0v) is 14.2. The fourth-order valence-electron chi connectivity index (χ4n) is 2.97. The number of amides is 1. The highest BCUT2D eigenvalue weighted by Crippen LogP contribution is 2.29. The lowest BCUT2D eigenvalue weighted by Gasteiger charge is -2.25. The SMILES string of the molecule is CN(C)C(CNC(=O)c1ccc(F)cc1F)c1ccc2c(c1)CCO2. The smallest absolute Gasteiger partial charge is 0.254 e. The second-order valence-corrected chi connectivity index (χ2v) is 6.28. The first-order valence-electron chi connectivity index (χ1n) is 8.11. The molecule has 6 heteroatoms. The van der Waals surface area contributed by atoms with Crippen LogP contribution in [0.15, 0.2) is 36.4 Å². The fraction of sp³-hybridized carbons (Fsp3) is 0.316. The summed E-state index contributed by atoms with van der Waals surface area (Å²) in [6.45, 7) is 0.994. The summed E-state index contributed by atoms with van der Waals surface area (Å²) in [7, 11) is 3.83. The summed E-state index contributed by atoms with van der Waals surface area (Å²) in [5, 5.41) is 2.73. The van der Waals surface area contributed by atoms with Crippen molar-refractivity contribution in [3.05, 3.63) is 64.7 Å². The van der Waals surface area contributed by atoms with Gasteiger partial charge in [0.25, 0.3) is 5.91 Å². The monoisotopic (exact) mass is 346 g/mol. The first-order valence-corrected chi connectivity index (χ1v) is 8.11. The Labute approximate surface area is 145 Å². The summed E-state index contributed by atoms with van der Waals surface area (Å²) < 4.78 is 32.2. The van der Waals surface area contributed by atoms with E-state index >= 15 is 0 Å². The van der Waals surface area contributed by atoms with Crippen LogP contribution in [0.2, 0.25) is 0 Å². The van der Waals surface area contributed by atoms with Crippen molar-refractivity contribution < 1.29 is 18.3 Å². The largest absolute Gasteiger partial charge is 0.493 e. The highest BCUT2D eigenvalue weighted by Gasteiger charge is 2.20. The molecule has 1 unspecified atom stereocenters. The molecule has 2 aromatic rings. The minimum absolute atomic E-state index is 0.0710. The van der Waals surface area contributed by atoms with Gasteiger partial charge in [-0.05, 0) is 43.4 Å². The molecule has 1 heterocycles. The molecule has 1 aliphatic rings. The molecule has 0 saturated heterocycles. The summed E-state index contributed by atoms with van der Waals surface area (Å²) in [5.41, 5.74) is 2.04. The molecule has 25 heavy (non-hydrogen) atoms. The average Bonchev–Trinajstić information content (AvgIpc) is 3.02. The van der Waals surface area contributed by atoms with Gasteiger partial charge < -0.3 is 15.0 Å². The van der Waals surface area contributed by atoms with Crippen molar-refractivity contribution in [2.45, 2.75) is 12.5 Å². The van der Waals surface area contributed by atoms with Crippen LogP contribution in [0.4, 0.5) is 8.78 Å². The van der Waals surface area contributed by atoms with Crippen LogP contribution in [0.3, 0.4) is 0 Å². The van der Waals surface area contributed by atoms with Gasteiger partial charge in [0.15, 0.2) is 0 Å². The molecule has 0 aliphatic carbocycles. The van der Waals surface area contributed by atoms with Gasteiger partial charge in [-0.15, -0.1) is 0 Å². The van der Waals surface area contributed by atoms with Gasteiger partial charge in [0.1, 0.15) is 17.4 Å². The Morgan fingerprint density at radius 1 is 1.24 bits per heavy atom. The van der Waals surface area contributed by atoms with Crippen molar-refractivity contribution in [1.82, 2.24) is 10.2 Å². The molecule has 0 spiro atoms. The van der Waals surface area contributed by atoms with Gasteiger partial charge in [0.2, 0.25) is 0 Å². The van der Waals surface area contributed by atoms with E-state index in [1.807, 2.05) is 31.1 Å². The van der Waals surface area contributed by atoms with E-state index in [1.165, 1.54) is 0 Å². The minimum Gasteiger partial charge on any atom is -0.493 e. The standard InChI is InChI=1S/C19H20F2N2O2/c1-23(2)17(12-3-6-18-13(9-12)7-8-25-18)11-22-19(24)15-5-4-14(20)10-16(15)21/h3-6,9-10,17H,7-8,11H2,1-2H3,(H,22,24). The van der Waals surface area contributed by atoms with E-state index in [9.17, 15) is 13.6 Å². The summed E-state index contributed by atoms with van der Waals surface area (Å²) in [6.07, 6.45) is 0.871. The van der Waals surface area contributed by atoms with Crippen molar-refractivity contribution in [3.8, 4) is 5.75 Å². The number of carbonyl (C=O) groups is 1. The third-order valence-electron chi connectivity index (χ3n) is 4.35. The van der Waals surface area contributed by atoms with E-state index in [2.05, 4.69) is 11.4 Å². The predicted octanol–water partition coefficient (Wildman–Crippen LogP) is 2.93. The number of hydrogen-bond donors (Lipinski definition) is 1. The number of benzene rings is 2. The Bertz CT molecular complexity index is 793. The van der Waals surface area contributed by atoms with Gasteiger partial charge in [-0.3, -0.25) is 4.79 Å². The highest BCUT2D eigenvalue weighted by molar-refractivity contribution is 5.94. The molecule has 1 amide bonds. The van der Waals surface area contributed by atoms with Crippen molar-refractivity contribution in [2.24, 2.45) is 0 Å². The summed E-state index contributed by atoms with van der Waals surface area (Å²) in [5.74, 6) is -1.23. The van der Waals surface area contributed by atoms with E-state index in [1.54, 1.807) is 0 Å². The van der Waals surface area contributed by atoms with Crippen LogP contribution in [-0.4, -0.2) is 38.1 Å². The molecule has 0 bridgehead atoms. The van der Waals surface area contributed by atoms with E-state index < -0.39 is 17.5 Å². The number of hydrogen-bond acceptors (Lipinski definition) is 3. The van der Waals surface area contributed by atoms with E-state index in [4.69, 9.17) is 4.74 Å². The van der Waals surface area contributed by atoms with Crippen LogP contribution in [0.5, 0.6) is 5.75 Å². The molecule has 1 N–H and O–H groups in total. The Hall–Kier alpha value is -2.47. The van der Waals surface area contributed by atoms with Gasteiger partial charge >= 0.3 is 0 Å². The Morgan fingerprint density at radius 3 is 2.76 bits per heavy atom. The normalized spacial score (nSPS) is 14.1. The van der Waals surface area contributed by atoms with E-state index in [0.717, 1.165) is 35.4 Å². The Kier molecular flexibility index (Phi) is 4.99. The maximum atomic E-state index is 13.7. The second kappa shape index (κ2) is 7.19. The van der Waals surface area contributed by atoms with Gasteiger partial charge in [-0.25, -0.2) is 8.78 Å². The zero-order chi connectivity index (χ0) is 18.0. The number of likely N-dealkylation sites (N-methyl/N-ethyl adjacent to an activating group) is 1. The number of fused-ring (bicyclic) bond motifs is 1. The van der Waals surface area contributed by atoms with Gasteiger partial charge in [-0.2, -0.15) is 0 Å². The van der Waals surface area contributed by atoms with Crippen molar-refractivity contribution in [1.29, 1.82) is 0 Å². The molecule has 0 radical (unpaired) electrons. The maximum Gasteiger partial charge on any atom is 0.254 e. The van der Waals surface area contributed by atoms with Crippen molar-refractivity contribution in [2.75, 3.05) is 27.2 Å². The number of halogens is 2. The highest BCUT2D eigenvalue weighted by atomic mass is 19.1. The Morgan fingerprint density at radius 2 is 2.04 bits per heavy atom. The van der Waals surface area contributed by atoms with Crippen LogP contribution in [0.25, 0.3) is 0 Å². The van der Waals surface area contributed by atoms with Crippen molar-refractivity contribution >= 4 is 5.91 Å². The van der Waals surface area contributed by atoms with Crippen LogP contribution < -0.4 is 10.1 Å². The molecular formula is C19H20F2N2O2. The first kappa shape index (κ1) is 17.4. The summed E-state index contributed by atoms with van der Waals surface area (Å²) in [6, 6.07) is 8.85. The predicted molar refractivity (Wildman–Crippen MR) is 90.8 cm³/mol. The van der Waals surface area contributed by atoms with Crippen LogP contribution in [0.1, 0.15) is 27.5 Å². The molecule has 3 rings (SSSR count). The third kappa shape index (κ3) is 3.79. The van der Waals surface area contributed by atoms with Gasteiger partial charge in [0.05, 0.1) is 18.2 Å². The molecule has 2 aromatic carbocycles. The average molecular weight is 346 g/mol. The molecule has 0 fully saturated rings. The fourth-order valence-corrected chi connectivity index (χ4v) is 2.97. The van der Waals surface area contributed by atoms with Crippen molar-refractivity contribution in [3.63, 3.8) is 0 Å². The minimum atomic E-state index is -0.867. The zero-order valence-electron chi connectivity index (χ0n) is 14.2. The summed E-state index contributed by atoms with van der Waals surface area (Å²) >= 11 is 0. The quantitative estimate of drug-likeness (QED) is 0.905. The van der Waals surface area contributed by atoms with Crippen LogP contribution in [-0.2, 0) is 6.42 Å². The number of nitrogens with zero attached hydrogens (tertiary/aromatic N) is 1. The lowest BCUT2D eigenvalue weighted by atomic mass is 10.0. The molecular weight excluding hydrogens is 326 g/mol. The molecule has 4 nitrogen and oxygen atoms in total. The number of rotatable bonds is 5. The summed E-state index contributed by atoms with van der Waals surface area (Å²) in [4.78, 5) is 14.2.